The Bertz CT molecular complexity index is 254. The number of unbranched alkanes of at least 4 members (excludes halogenated alkanes) is 1. The first-order valence-corrected chi connectivity index (χ1v) is 7.96. The van der Waals surface area contributed by atoms with Crippen LogP contribution in [0.2, 0.25) is 0 Å². The van der Waals surface area contributed by atoms with Gasteiger partial charge in [-0.1, -0.05) is 13.3 Å². The van der Waals surface area contributed by atoms with Gasteiger partial charge in [0.15, 0.2) is 5.96 Å². The van der Waals surface area contributed by atoms with Gasteiger partial charge in [0.05, 0.1) is 0 Å². The molecule has 5 nitrogen and oxygen atoms in total. The van der Waals surface area contributed by atoms with Gasteiger partial charge in [-0.3, -0.25) is 4.99 Å². The summed E-state index contributed by atoms with van der Waals surface area (Å²) in [6, 6.07) is 0. The van der Waals surface area contributed by atoms with Crippen LogP contribution in [0.15, 0.2) is 4.99 Å². The van der Waals surface area contributed by atoms with Crippen molar-refractivity contribution in [1.82, 2.24) is 10.6 Å². The zero-order valence-electron chi connectivity index (χ0n) is 13.1. The van der Waals surface area contributed by atoms with Crippen molar-refractivity contribution in [2.45, 2.75) is 39.0 Å². The Morgan fingerprint density at radius 1 is 1.20 bits per heavy atom. The van der Waals surface area contributed by atoms with E-state index in [0.29, 0.717) is 5.92 Å². The van der Waals surface area contributed by atoms with Gasteiger partial charge in [-0.05, 0) is 31.6 Å². The Morgan fingerprint density at radius 2 is 1.90 bits per heavy atom. The van der Waals surface area contributed by atoms with E-state index in [1.54, 1.807) is 0 Å². The van der Waals surface area contributed by atoms with Gasteiger partial charge < -0.3 is 20.1 Å². The van der Waals surface area contributed by atoms with E-state index in [4.69, 9.17) is 9.47 Å². The quantitative estimate of drug-likeness (QED) is 0.385. The molecule has 0 aromatic rings. The Morgan fingerprint density at radius 3 is 2.55 bits per heavy atom. The minimum Gasteiger partial charge on any atom is -0.381 e. The molecule has 0 spiro atoms. The largest absolute Gasteiger partial charge is 0.381 e. The summed E-state index contributed by atoms with van der Waals surface area (Å²) in [5, 5.41) is 6.60. The highest BCUT2D eigenvalue weighted by Crippen LogP contribution is 2.14. The highest BCUT2D eigenvalue weighted by atomic mass is 16.5. The average molecular weight is 285 g/mol. The Balaban J connectivity index is 1.92. The van der Waals surface area contributed by atoms with Crippen LogP contribution < -0.4 is 10.6 Å². The number of guanidine groups is 1. The molecule has 1 fully saturated rings. The van der Waals surface area contributed by atoms with Crippen molar-refractivity contribution in [2.24, 2.45) is 10.9 Å². The molecule has 0 bridgehead atoms. The minimum absolute atomic E-state index is 0.695. The lowest BCUT2D eigenvalue weighted by atomic mass is 10.0. The lowest BCUT2D eigenvalue weighted by Gasteiger charge is -2.21. The molecular formula is C15H31N3O2. The zero-order chi connectivity index (χ0) is 14.5. The van der Waals surface area contributed by atoms with Crippen LogP contribution in [0.1, 0.15) is 39.0 Å². The molecule has 2 N–H and O–H groups in total. The summed E-state index contributed by atoms with van der Waals surface area (Å²) in [4.78, 5) is 4.19. The molecule has 0 unspecified atom stereocenters. The topological polar surface area (TPSA) is 54.9 Å². The smallest absolute Gasteiger partial charge is 0.190 e. The van der Waals surface area contributed by atoms with Gasteiger partial charge in [-0.15, -0.1) is 0 Å². The number of ether oxygens (including phenoxy) is 2. The van der Waals surface area contributed by atoms with Crippen LogP contribution in [0.5, 0.6) is 0 Å². The monoisotopic (exact) mass is 285 g/mol. The summed E-state index contributed by atoms with van der Waals surface area (Å²) < 4.78 is 11.1. The van der Waals surface area contributed by atoms with Gasteiger partial charge in [-0.2, -0.15) is 0 Å². The third-order valence-corrected chi connectivity index (χ3v) is 3.50. The number of nitrogens with one attached hydrogen (secondary N) is 2. The van der Waals surface area contributed by atoms with Gasteiger partial charge in [0.25, 0.3) is 0 Å². The van der Waals surface area contributed by atoms with Gasteiger partial charge in [0.2, 0.25) is 0 Å². The van der Waals surface area contributed by atoms with E-state index in [1.807, 2.05) is 7.05 Å². The van der Waals surface area contributed by atoms with Crippen LogP contribution in [0.25, 0.3) is 0 Å². The van der Waals surface area contributed by atoms with Crippen LogP contribution in [-0.2, 0) is 9.47 Å². The third kappa shape index (κ3) is 8.38. The molecule has 1 saturated heterocycles. The van der Waals surface area contributed by atoms with Gasteiger partial charge >= 0.3 is 0 Å². The van der Waals surface area contributed by atoms with Crippen LogP contribution >= 0.6 is 0 Å². The fraction of sp³-hybridized carbons (Fsp3) is 0.933. The second-order valence-electron chi connectivity index (χ2n) is 5.26. The van der Waals surface area contributed by atoms with E-state index >= 15 is 0 Å². The lowest BCUT2D eigenvalue weighted by Crippen LogP contribution is -2.38. The number of hydrogen-bond acceptors (Lipinski definition) is 3. The molecule has 1 rings (SSSR count). The lowest BCUT2D eigenvalue weighted by molar-refractivity contribution is 0.0203. The van der Waals surface area contributed by atoms with Crippen molar-refractivity contribution in [3.63, 3.8) is 0 Å². The first-order chi connectivity index (χ1) is 9.86. The zero-order valence-corrected chi connectivity index (χ0v) is 13.1. The van der Waals surface area contributed by atoms with Crippen LogP contribution in [0.4, 0.5) is 0 Å². The molecule has 0 atom stereocenters. The van der Waals surface area contributed by atoms with Crippen molar-refractivity contribution in [1.29, 1.82) is 0 Å². The van der Waals surface area contributed by atoms with Crippen molar-refractivity contribution in [3.05, 3.63) is 0 Å². The Kier molecular flexibility index (Phi) is 10.3. The Labute approximate surface area is 123 Å². The highest BCUT2D eigenvalue weighted by Gasteiger charge is 2.13. The molecule has 0 aliphatic carbocycles. The Hall–Kier alpha value is -0.810. The van der Waals surface area contributed by atoms with Crippen molar-refractivity contribution in [2.75, 3.05) is 46.6 Å². The van der Waals surface area contributed by atoms with Crippen LogP contribution in [0.3, 0.4) is 0 Å². The standard InChI is InChI=1S/C15H31N3O2/c1-3-4-8-17-15(16-2)18-9-5-10-20-13-14-6-11-19-12-7-14/h14H,3-13H2,1-2H3,(H2,16,17,18). The first kappa shape index (κ1) is 17.2. The van der Waals surface area contributed by atoms with E-state index < -0.39 is 0 Å². The molecular weight excluding hydrogens is 254 g/mol. The number of nitrogens with zero attached hydrogens (tertiary/aromatic N) is 1. The van der Waals surface area contributed by atoms with Crippen LogP contribution in [-0.4, -0.2) is 52.5 Å². The van der Waals surface area contributed by atoms with E-state index in [1.165, 1.54) is 12.8 Å². The molecule has 0 aromatic carbocycles. The van der Waals surface area contributed by atoms with Crippen LogP contribution in [0, 0.1) is 5.92 Å². The number of aliphatic imine (C=N–C) groups is 1. The summed E-state index contributed by atoms with van der Waals surface area (Å²) in [6.07, 6.45) is 5.68. The summed E-state index contributed by atoms with van der Waals surface area (Å²) in [5.41, 5.74) is 0. The van der Waals surface area contributed by atoms with Crippen molar-refractivity contribution in [3.8, 4) is 0 Å². The van der Waals surface area contributed by atoms with E-state index in [9.17, 15) is 0 Å². The predicted octanol–water partition coefficient (Wildman–Crippen LogP) is 1.78. The summed E-state index contributed by atoms with van der Waals surface area (Å²) >= 11 is 0. The molecule has 1 heterocycles. The summed E-state index contributed by atoms with van der Waals surface area (Å²) in [6.45, 7) is 7.57. The molecule has 5 heteroatoms. The second kappa shape index (κ2) is 12.0. The van der Waals surface area contributed by atoms with E-state index in [0.717, 1.165) is 64.7 Å². The molecule has 20 heavy (non-hydrogen) atoms. The minimum atomic E-state index is 0.695. The number of rotatable bonds is 9. The molecule has 0 amide bonds. The molecule has 1 aliphatic rings. The van der Waals surface area contributed by atoms with Gasteiger partial charge in [0, 0.05) is 46.6 Å². The van der Waals surface area contributed by atoms with Crippen molar-refractivity contribution < 1.29 is 9.47 Å². The average Bonchev–Trinajstić information content (AvgIpc) is 2.50. The van der Waals surface area contributed by atoms with Crippen molar-refractivity contribution >= 4 is 5.96 Å². The third-order valence-electron chi connectivity index (χ3n) is 3.50. The van der Waals surface area contributed by atoms with E-state index in [-0.39, 0.29) is 0 Å². The fourth-order valence-electron chi connectivity index (χ4n) is 2.15. The summed E-state index contributed by atoms with van der Waals surface area (Å²) in [5.74, 6) is 1.59. The fourth-order valence-corrected chi connectivity index (χ4v) is 2.15. The summed E-state index contributed by atoms with van der Waals surface area (Å²) in [7, 11) is 1.81. The maximum Gasteiger partial charge on any atom is 0.190 e. The molecule has 118 valence electrons. The first-order valence-electron chi connectivity index (χ1n) is 7.96. The molecule has 0 aromatic heterocycles. The maximum absolute atomic E-state index is 5.73. The van der Waals surface area contributed by atoms with Gasteiger partial charge in [-0.25, -0.2) is 0 Å². The van der Waals surface area contributed by atoms with Gasteiger partial charge in [0.1, 0.15) is 0 Å². The molecule has 0 saturated carbocycles. The predicted molar refractivity (Wildman–Crippen MR) is 83.3 cm³/mol. The normalized spacial score (nSPS) is 17.2. The molecule has 0 radical (unpaired) electrons. The molecule has 1 aliphatic heterocycles. The highest BCUT2D eigenvalue weighted by molar-refractivity contribution is 5.79. The second-order valence-corrected chi connectivity index (χ2v) is 5.26. The SMILES string of the molecule is CCCCNC(=NC)NCCCOCC1CCOCC1. The maximum atomic E-state index is 5.73. The number of hydrogen-bond donors (Lipinski definition) is 2. The van der Waals surface area contributed by atoms with E-state index in [2.05, 4.69) is 22.5 Å².